The molecule has 2 fully saturated rings. The van der Waals surface area contributed by atoms with Crippen molar-refractivity contribution in [1.29, 1.82) is 0 Å². The van der Waals surface area contributed by atoms with Gasteiger partial charge in [0, 0.05) is 17.8 Å². The Bertz CT molecular complexity index is 628. The number of allylic oxidation sites excluding steroid dienone is 6. The molecular formula is C20H26O. The Morgan fingerprint density at radius 1 is 1.14 bits per heavy atom. The van der Waals surface area contributed by atoms with Crippen LogP contribution < -0.4 is 0 Å². The molecule has 4 aliphatic rings. The molecule has 0 aliphatic heterocycles. The van der Waals surface area contributed by atoms with Gasteiger partial charge in [0.25, 0.3) is 0 Å². The van der Waals surface area contributed by atoms with Crippen LogP contribution >= 0.6 is 0 Å². The van der Waals surface area contributed by atoms with Crippen LogP contribution in [0.1, 0.15) is 47.5 Å². The summed E-state index contributed by atoms with van der Waals surface area (Å²) >= 11 is 0. The van der Waals surface area contributed by atoms with Crippen LogP contribution in [0.3, 0.4) is 0 Å². The number of Topliss-reactive ketones (excluding diaryl/α,β-unsaturated/α-hetero) is 1. The van der Waals surface area contributed by atoms with Gasteiger partial charge in [0.15, 0.2) is 0 Å². The predicted molar refractivity (Wildman–Crippen MR) is 85.7 cm³/mol. The van der Waals surface area contributed by atoms with E-state index in [4.69, 9.17) is 0 Å². The molecule has 112 valence electrons. The molecule has 0 heterocycles. The van der Waals surface area contributed by atoms with E-state index in [1.54, 1.807) is 11.1 Å². The van der Waals surface area contributed by atoms with Crippen molar-refractivity contribution < 1.29 is 4.79 Å². The van der Waals surface area contributed by atoms with E-state index in [-0.39, 0.29) is 11.8 Å². The lowest BCUT2D eigenvalue weighted by molar-refractivity contribution is -0.123. The second kappa shape index (κ2) is 4.00. The lowest BCUT2D eigenvalue weighted by Crippen LogP contribution is -2.18. The minimum absolute atomic E-state index is 0.190. The zero-order valence-electron chi connectivity index (χ0n) is 13.9. The Hall–Kier alpha value is -1.11. The number of rotatable bonds is 0. The van der Waals surface area contributed by atoms with E-state index in [1.807, 2.05) is 0 Å². The van der Waals surface area contributed by atoms with Gasteiger partial charge in [-0.1, -0.05) is 62.1 Å². The number of hydrogen-bond donors (Lipinski definition) is 0. The van der Waals surface area contributed by atoms with Gasteiger partial charge in [-0.3, -0.25) is 4.79 Å². The molecule has 2 saturated carbocycles. The molecule has 0 saturated heterocycles. The molecule has 0 aromatic rings. The van der Waals surface area contributed by atoms with Gasteiger partial charge in [0.05, 0.1) is 0 Å². The molecule has 1 nitrogen and oxygen atoms in total. The maximum absolute atomic E-state index is 12.6. The summed E-state index contributed by atoms with van der Waals surface area (Å²) in [6.45, 7) is 11.5. The fourth-order valence-corrected chi connectivity index (χ4v) is 5.44. The van der Waals surface area contributed by atoms with Crippen LogP contribution in [0.5, 0.6) is 0 Å². The highest BCUT2D eigenvalue weighted by Gasteiger charge is 2.59. The molecule has 0 radical (unpaired) electrons. The summed E-state index contributed by atoms with van der Waals surface area (Å²) in [6.07, 6.45) is 6.98. The van der Waals surface area contributed by atoms with Gasteiger partial charge in [-0.15, -0.1) is 0 Å². The molecule has 0 amide bonds. The van der Waals surface area contributed by atoms with E-state index < -0.39 is 0 Å². The van der Waals surface area contributed by atoms with Crippen molar-refractivity contribution in [3.8, 4) is 0 Å². The Morgan fingerprint density at radius 3 is 2.57 bits per heavy atom. The molecule has 21 heavy (non-hydrogen) atoms. The van der Waals surface area contributed by atoms with Gasteiger partial charge in [0.1, 0.15) is 5.78 Å². The summed E-state index contributed by atoms with van der Waals surface area (Å²) in [5.74, 6) is 2.68. The minimum Gasteiger partial charge on any atom is -0.299 e. The second-order valence-electron chi connectivity index (χ2n) is 8.39. The Kier molecular flexibility index (Phi) is 2.58. The minimum atomic E-state index is 0.190. The Morgan fingerprint density at radius 2 is 1.86 bits per heavy atom. The summed E-state index contributed by atoms with van der Waals surface area (Å²) in [4.78, 5) is 12.6. The quantitative estimate of drug-likeness (QED) is 0.588. The zero-order valence-corrected chi connectivity index (χ0v) is 13.9. The summed E-state index contributed by atoms with van der Waals surface area (Å²) in [5, 5.41) is 0. The molecule has 0 aromatic heterocycles. The zero-order chi connectivity index (χ0) is 15.1. The number of carbonyl (C=O) groups excluding carboxylic acids is 1. The third-order valence-corrected chi connectivity index (χ3v) is 6.55. The average Bonchev–Trinajstić information content (AvgIpc) is 2.88. The molecule has 0 N–H and O–H groups in total. The topological polar surface area (TPSA) is 17.1 Å². The molecule has 1 heteroatoms. The fraction of sp³-hybridized carbons (Fsp3) is 0.650. The van der Waals surface area contributed by atoms with Crippen LogP contribution in [0.15, 0.2) is 34.4 Å². The van der Waals surface area contributed by atoms with Crippen molar-refractivity contribution in [2.75, 3.05) is 0 Å². The van der Waals surface area contributed by atoms with Crippen molar-refractivity contribution >= 4 is 5.78 Å². The van der Waals surface area contributed by atoms with E-state index in [0.29, 0.717) is 29.0 Å². The van der Waals surface area contributed by atoms with Crippen molar-refractivity contribution in [2.45, 2.75) is 47.5 Å². The third-order valence-electron chi connectivity index (χ3n) is 6.55. The Balaban J connectivity index is 1.89. The molecule has 4 rings (SSSR count). The molecule has 4 aliphatic carbocycles. The smallest absolute Gasteiger partial charge is 0.143 e. The number of carbonyl (C=O) groups is 1. The predicted octanol–water partition coefficient (Wildman–Crippen LogP) is 4.71. The van der Waals surface area contributed by atoms with Gasteiger partial charge >= 0.3 is 0 Å². The molecule has 5 atom stereocenters. The first kappa shape index (κ1) is 13.5. The molecule has 0 aromatic carbocycles. The highest BCUT2D eigenvalue weighted by Crippen LogP contribution is 2.67. The van der Waals surface area contributed by atoms with E-state index in [9.17, 15) is 4.79 Å². The van der Waals surface area contributed by atoms with Crippen molar-refractivity contribution in [3.05, 3.63) is 34.4 Å². The largest absolute Gasteiger partial charge is 0.299 e. The van der Waals surface area contributed by atoms with Crippen LogP contribution in [0.25, 0.3) is 0 Å². The van der Waals surface area contributed by atoms with Gasteiger partial charge in [-0.25, -0.2) is 0 Å². The van der Waals surface area contributed by atoms with Crippen LogP contribution in [-0.2, 0) is 4.79 Å². The monoisotopic (exact) mass is 282 g/mol. The van der Waals surface area contributed by atoms with Crippen LogP contribution in [0.2, 0.25) is 0 Å². The van der Waals surface area contributed by atoms with Gasteiger partial charge in [0.2, 0.25) is 0 Å². The highest BCUT2D eigenvalue weighted by molar-refractivity contribution is 5.90. The van der Waals surface area contributed by atoms with Crippen molar-refractivity contribution in [2.24, 2.45) is 35.0 Å². The number of fused-ring (bicyclic) bond motifs is 4. The second-order valence-corrected chi connectivity index (χ2v) is 8.39. The van der Waals surface area contributed by atoms with E-state index in [1.165, 1.54) is 11.1 Å². The lowest BCUT2D eigenvalue weighted by atomic mass is 9.77. The summed E-state index contributed by atoms with van der Waals surface area (Å²) in [6, 6.07) is 0. The molecule has 2 unspecified atom stereocenters. The summed E-state index contributed by atoms with van der Waals surface area (Å²) in [5.41, 5.74) is 6.57. The Labute approximate surface area is 128 Å². The summed E-state index contributed by atoms with van der Waals surface area (Å²) < 4.78 is 0. The lowest BCUT2D eigenvalue weighted by Gasteiger charge is -2.27. The SMILES string of the molecule is CC1=C[C@@H]2C(=C3CC(C)C(=O)C3C1)[C@H](C)C=C1[C@H]2C1(C)C. The van der Waals surface area contributed by atoms with E-state index >= 15 is 0 Å². The van der Waals surface area contributed by atoms with Gasteiger partial charge in [-0.2, -0.15) is 0 Å². The maximum atomic E-state index is 12.6. The highest BCUT2D eigenvalue weighted by atomic mass is 16.1. The van der Waals surface area contributed by atoms with E-state index in [0.717, 1.165) is 12.8 Å². The normalized spacial score (nSPS) is 43.5. The van der Waals surface area contributed by atoms with Crippen molar-refractivity contribution in [3.63, 3.8) is 0 Å². The molecule has 0 bridgehead atoms. The summed E-state index contributed by atoms with van der Waals surface area (Å²) in [7, 11) is 0. The van der Waals surface area contributed by atoms with Crippen LogP contribution in [0, 0.1) is 35.0 Å². The first-order chi connectivity index (χ1) is 9.82. The molecule has 0 spiro atoms. The average molecular weight is 282 g/mol. The van der Waals surface area contributed by atoms with Gasteiger partial charge in [-0.05, 0) is 37.0 Å². The van der Waals surface area contributed by atoms with Crippen LogP contribution in [-0.4, -0.2) is 5.78 Å². The number of hydrogen-bond acceptors (Lipinski definition) is 1. The van der Waals surface area contributed by atoms with Crippen molar-refractivity contribution in [1.82, 2.24) is 0 Å². The first-order valence-corrected chi connectivity index (χ1v) is 8.48. The van der Waals surface area contributed by atoms with Crippen LogP contribution in [0.4, 0.5) is 0 Å². The van der Waals surface area contributed by atoms with E-state index in [2.05, 4.69) is 46.8 Å². The maximum Gasteiger partial charge on any atom is 0.143 e. The standard InChI is InChI=1S/C20H26O/c1-10-6-14-13(8-12(3)19(14)21)17-11(2)9-16-18(15(17)7-10)20(16,4)5/h7,9,11-12,14-15,18H,6,8H2,1-5H3/t11-,12?,14?,15-,18+/m1/s1. The fourth-order valence-electron chi connectivity index (χ4n) is 5.44. The first-order valence-electron chi connectivity index (χ1n) is 8.48. The molecular weight excluding hydrogens is 256 g/mol. The third kappa shape index (κ3) is 1.67. The van der Waals surface area contributed by atoms with Gasteiger partial charge < -0.3 is 0 Å². The number of ketones is 1.